The number of halogens is 1. The first kappa shape index (κ1) is 16.5. The average molecular weight is 357 g/mol. The predicted octanol–water partition coefficient (Wildman–Crippen LogP) is 2.56. The van der Waals surface area contributed by atoms with E-state index in [0.717, 1.165) is 12.2 Å². The monoisotopic (exact) mass is 356 g/mol. The molecule has 0 bridgehead atoms. The van der Waals surface area contributed by atoms with E-state index in [4.69, 9.17) is 0 Å². The van der Waals surface area contributed by atoms with Crippen LogP contribution in [0.15, 0.2) is 15.5 Å². The summed E-state index contributed by atoms with van der Waals surface area (Å²) in [6, 6.07) is 0.293. The normalized spacial score (nSPS) is 17.4. The molecule has 1 aromatic rings. The number of likely N-dealkylation sites (tertiary alicyclic amines) is 1. The molecule has 2 heterocycles. The summed E-state index contributed by atoms with van der Waals surface area (Å²) in [6.45, 7) is 10.3. The van der Waals surface area contributed by atoms with Crippen molar-refractivity contribution in [3.8, 4) is 0 Å². The van der Waals surface area contributed by atoms with Crippen molar-refractivity contribution in [2.75, 3.05) is 25.0 Å². The summed E-state index contributed by atoms with van der Waals surface area (Å²) < 4.78 is 2.09. The second kappa shape index (κ2) is 7.40. The van der Waals surface area contributed by atoms with Crippen molar-refractivity contribution in [1.29, 1.82) is 0 Å². The molecule has 0 radical (unpaired) electrons. The Morgan fingerprint density at radius 2 is 1.95 bits per heavy atom. The largest absolute Gasteiger partial charge is 0.379 e. The Labute approximate surface area is 134 Å². The van der Waals surface area contributed by atoms with Crippen molar-refractivity contribution >= 4 is 21.6 Å². The van der Waals surface area contributed by atoms with Gasteiger partial charge in [-0.25, -0.2) is 4.68 Å². The molecule has 6 heteroatoms. The summed E-state index contributed by atoms with van der Waals surface area (Å²) in [5.41, 5.74) is 0.716. The zero-order valence-electron chi connectivity index (χ0n) is 13.1. The molecule has 0 amide bonds. The quantitative estimate of drug-likeness (QED) is 0.850. The molecule has 0 saturated carbocycles. The Hall–Kier alpha value is -0.880. The number of hydrogen-bond donors (Lipinski definition) is 1. The lowest BCUT2D eigenvalue weighted by molar-refractivity contribution is 0.327. The van der Waals surface area contributed by atoms with Crippen LogP contribution in [0.2, 0.25) is 0 Å². The van der Waals surface area contributed by atoms with Crippen molar-refractivity contribution in [2.24, 2.45) is 5.92 Å². The fourth-order valence-electron chi connectivity index (χ4n) is 2.71. The van der Waals surface area contributed by atoms with E-state index >= 15 is 0 Å². The van der Waals surface area contributed by atoms with E-state index in [2.05, 4.69) is 52.0 Å². The lowest BCUT2D eigenvalue weighted by Crippen LogP contribution is -2.34. The van der Waals surface area contributed by atoms with Crippen molar-refractivity contribution in [2.45, 2.75) is 46.2 Å². The van der Waals surface area contributed by atoms with Crippen LogP contribution in [0.1, 0.15) is 33.6 Å². The Balaban J connectivity index is 2.02. The van der Waals surface area contributed by atoms with E-state index < -0.39 is 0 Å². The molecule has 1 aliphatic rings. The molecule has 1 atom stereocenters. The van der Waals surface area contributed by atoms with Crippen molar-refractivity contribution < 1.29 is 0 Å². The number of rotatable bonds is 6. The molecule has 1 fully saturated rings. The molecule has 0 aromatic carbocycles. The third-order valence-electron chi connectivity index (χ3n) is 3.66. The number of hydrogen-bond acceptors (Lipinski definition) is 4. The molecule has 5 nitrogen and oxygen atoms in total. The first-order valence-electron chi connectivity index (χ1n) is 7.72. The molecule has 0 aliphatic carbocycles. The fraction of sp³-hybridized carbons (Fsp3) is 0.733. The molecule has 1 N–H and O–H groups in total. The number of nitrogens with zero attached hydrogens (tertiary/aromatic N) is 3. The number of anilines is 1. The second-order valence-corrected chi connectivity index (χ2v) is 7.10. The van der Waals surface area contributed by atoms with Crippen LogP contribution in [0.3, 0.4) is 0 Å². The minimum atomic E-state index is -0.0675. The van der Waals surface area contributed by atoms with E-state index in [-0.39, 0.29) is 5.56 Å². The molecule has 1 saturated heterocycles. The summed E-state index contributed by atoms with van der Waals surface area (Å²) in [5, 5.41) is 7.66. The first-order valence-corrected chi connectivity index (χ1v) is 8.51. The highest BCUT2D eigenvalue weighted by molar-refractivity contribution is 9.10. The van der Waals surface area contributed by atoms with E-state index in [1.807, 2.05) is 0 Å². The first-order chi connectivity index (χ1) is 9.97. The van der Waals surface area contributed by atoms with Gasteiger partial charge < -0.3 is 10.2 Å². The van der Waals surface area contributed by atoms with Crippen LogP contribution in [0.25, 0.3) is 0 Å². The van der Waals surface area contributed by atoms with Gasteiger partial charge >= 0.3 is 0 Å². The molecule has 118 valence electrons. The van der Waals surface area contributed by atoms with Gasteiger partial charge in [0.1, 0.15) is 4.47 Å². The molecular formula is C15H25BrN4O. The zero-order chi connectivity index (χ0) is 15.4. The minimum absolute atomic E-state index is 0.0675. The van der Waals surface area contributed by atoms with Crippen LogP contribution in [-0.2, 0) is 6.54 Å². The highest BCUT2D eigenvalue weighted by Gasteiger charge is 2.16. The van der Waals surface area contributed by atoms with Gasteiger partial charge in [0.15, 0.2) is 0 Å². The van der Waals surface area contributed by atoms with Crippen LogP contribution in [0.5, 0.6) is 0 Å². The average Bonchev–Trinajstić information content (AvgIpc) is 2.91. The van der Waals surface area contributed by atoms with Gasteiger partial charge in [0.25, 0.3) is 5.56 Å². The van der Waals surface area contributed by atoms with Crippen LogP contribution in [0.4, 0.5) is 5.69 Å². The standard InChI is InChI=1S/C15H25BrN4O/c1-11(2)9-20-15(21)14(16)13(8-17-20)18-12(3)10-19-6-4-5-7-19/h8,11-12,18H,4-7,9-10H2,1-3H3. The SMILES string of the molecule is CC(C)Cn1ncc(NC(C)CN2CCCC2)c(Br)c1=O. The summed E-state index contributed by atoms with van der Waals surface area (Å²) in [6.07, 6.45) is 4.33. The lowest BCUT2D eigenvalue weighted by Gasteiger charge is -2.22. The highest BCUT2D eigenvalue weighted by atomic mass is 79.9. The molecule has 0 spiro atoms. The summed E-state index contributed by atoms with van der Waals surface area (Å²) in [5.74, 6) is 0.398. The van der Waals surface area contributed by atoms with Gasteiger partial charge in [-0.05, 0) is 54.7 Å². The van der Waals surface area contributed by atoms with Crippen LogP contribution < -0.4 is 10.9 Å². The smallest absolute Gasteiger partial charge is 0.283 e. The van der Waals surface area contributed by atoms with Crippen molar-refractivity contribution in [3.63, 3.8) is 0 Å². The van der Waals surface area contributed by atoms with Gasteiger partial charge in [-0.3, -0.25) is 4.79 Å². The van der Waals surface area contributed by atoms with Crippen molar-refractivity contribution in [3.05, 3.63) is 21.0 Å². The van der Waals surface area contributed by atoms with Gasteiger partial charge in [0, 0.05) is 19.1 Å². The number of aromatic nitrogens is 2. The third-order valence-corrected chi connectivity index (χ3v) is 4.42. The Morgan fingerprint density at radius 1 is 1.29 bits per heavy atom. The van der Waals surface area contributed by atoms with Gasteiger partial charge in [-0.2, -0.15) is 5.10 Å². The third kappa shape index (κ3) is 4.54. The minimum Gasteiger partial charge on any atom is -0.379 e. The molecular weight excluding hydrogens is 332 g/mol. The maximum Gasteiger partial charge on any atom is 0.283 e. The molecule has 21 heavy (non-hydrogen) atoms. The van der Waals surface area contributed by atoms with E-state index in [9.17, 15) is 4.79 Å². The summed E-state index contributed by atoms with van der Waals surface area (Å²) in [4.78, 5) is 14.7. The zero-order valence-corrected chi connectivity index (χ0v) is 14.7. The Bertz CT molecular complexity index is 523. The summed E-state index contributed by atoms with van der Waals surface area (Å²) >= 11 is 3.41. The fourth-order valence-corrected chi connectivity index (χ4v) is 3.13. The van der Waals surface area contributed by atoms with Crippen molar-refractivity contribution in [1.82, 2.24) is 14.7 Å². The molecule has 1 unspecified atom stereocenters. The maximum absolute atomic E-state index is 12.3. The van der Waals surface area contributed by atoms with Crippen LogP contribution in [0, 0.1) is 5.92 Å². The molecule has 1 aromatic heterocycles. The molecule has 2 rings (SSSR count). The summed E-state index contributed by atoms with van der Waals surface area (Å²) in [7, 11) is 0. The van der Waals surface area contributed by atoms with E-state index in [1.54, 1.807) is 6.20 Å². The van der Waals surface area contributed by atoms with E-state index in [1.165, 1.54) is 30.6 Å². The topological polar surface area (TPSA) is 50.2 Å². The van der Waals surface area contributed by atoms with E-state index in [0.29, 0.717) is 23.0 Å². The van der Waals surface area contributed by atoms with Gasteiger partial charge in [0.2, 0.25) is 0 Å². The van der Waals surface area contributed by atoms with Gasteiger partial charge in [0.05, 0.1) is 11.9 Å². The Kier molecular flexibility index (Phi) is 5.81. The maximum atomic E-state index is 12.3. The van der Waals surface area contributed by atoms with Gasteiger partial charge in [-0.15, -0.1) is 0 Å². The number of nitrogens with one attached hydrogen (secondary N) is 1. The van der Waals surface area contributed by atoms with Crippen LogP contribution in [-0.4, -0.2) is 40.4 Å². The Morgan fingerprint density at radius 3 is 2.57 bits per heavy atom. The highest BCUT2D eigenvalue weighted by Crippen LogP contribution is 2.18. The van der Waals surface area contributed by atoms with Gasteiger partial charge in [-0.1, -0.05) is 13.8 Å². The lowest BCUT2D eigenvalue weighted by atomic mass is 10.2. The second-order valence-electron chi connectivity index (χ2n) is 6.31. The molecule has 1 aliphatic heterocycles. The predicted molar refractivity (Wildman–Crippen MR) is 89.8 cm³/mol. The van der Waals surface area contributed by atoms with Crippen LogP contribution >= 0.6 is 15.9 Å².